The molecule has 1 heterocycles. The van der Waals surface area contributed by atoms with Gasteiger partial charge in [-0.2, -0.15) is 4.31 Å². The number of sulfonamides is 1. The molecule has 2 unspecified atom stereocenters. The molecule has 1 aliphatic heterocycles. The number of hydrogen-bond donors (Lipinski definition) is 1. The fourth-order valence-corrected chi connectivity index (χ4v) is 4.38. The molecule has 1 aromatic rings. The van der Waals surface area contributed by atoms with Crippen LogP contribution in [0.3, 0.4) is 0 Å². The van der Waals surface area contributed by atoms with Crippen LogP contribution < -0.4 is 5.73 Å². The minimum Gasteiger partial charge on any atom is -0.328 e. The maximum Gasteiger partial charge on any atom is 0.243 e. The highest BCUT2D eigenvalue weighted by Crippen LogP contribution is 2.27. The van der Waals surface area contributed by atoms with Crippen molar-refractivity contribution in [3.63, 3.8) is 0 Å². The van der Waals surface area contributed by atoms with Gasteiger partial charge in [0.2, 0.25) is 10.0 Å². The second kappa shape index (κ2) is 5.79. The molecule has 0 saturated carbocycles. The lowest BCUT2D eigenvalue weighted by Gasteiger charge is -2.34. The summed E-state index contributed by atoms with van der Waals surface area (Å²) in [6, 6.07) is 3.83. The maximum absolute atomic E-state index is 13.3. The minimum absolute atomic E-state index is 0.0402. The number of rotatable bonds is 3. The smallest absolute Gasteiger partial charge is 0.243 e. The Kier molecular flexibility index (Phi) is 4.46. The van der Waals surface area contributed by atoms with Gasteiger partial charge in [-0.15, -0.1) is 0 Å². The third-order valence-corrected chi connectivity index (χ3v) is 5.94. The summed E-state index contributed by atoms with van der Waals surface area (Å²) >= 11 is 0. The lowest BCUT2D eigenvalue weighted by atomic mass is 9.93. The lowest BCUT2D eigenvalue weighted by Crippen LogP contribution is -2.45. The molecule has 2 atom stereocenters. The van der Waals surface area contributed by atoms with Crippen LogP contribution >= 0.6 is 0 Å². The number of nitrogens with two attached hydrogens (primary N) is 1. The Balaban J connectivity index is 2.32. The van der Waals surface area contributed by atoms with Gasteiger partial charge in [-0.05, 0) is 50.3 Å². The Bertz CT molecular complexity index is 587. The summed E-state index contributed by atoms with van der Waals surface area (Å²) in [7, 11) is -3.64. The fourth-order valence-electron chi connectivity index (χ4n) is 2.61. The van der Waals surface area contributed by atoms with Gasteiger partial charge < -0.3 is 5.73 Å². The molecule has 0 aromatic heterocycles. The third kappa shape index (κ3) is 3.02. The van der Waals surface area contributed by atoms with E-state index in [1.54, 1.807) is 6.92 Å². The van der Waals surface area contributed by atoms with Crippen molar-refractivity contribution in [3.8, 4) is 0 Å². The summed E-state index contributed by atoms with van der Waals surface area (Å²) in [5, 5.41) is 0. The monoisotopic (exact) mass is 300 g/mol. The quantitative estimate of drug-likeness (QED) is 0.927. The van der Waals surface area contributed by atoms with E-state index in [0.717, 1.165) is 18.9 Å². The summed E-state index contributed by atoms with van der Waals surface area (Å²) in [5.41, 5.74) is 6.45. The SMILES string of the molecule is Cc1ccc(F)cc1S(=O)(=O)N1CCCC(C(C)N)C1. The maximum atomic E-state index is 13.3. The van der Waals surface area contributed by atoms with Crippen LogP contribution in [0.5, 0.6) is 0 Å². The molecule has 0 bridgehead atoms. The predicted octanol–water partition coefficient (Wildman–Crippen LogP) is 1.88. The van der Waals surface area contributed by atoms with Crippen molar-refractivity contribution in [2.45, 2.75) is 37.6 Å². The number of hydrogen-bond acceptors (Lipinski definition) is 3. The summed E-state index contributed by atoms with van der Waals surface area (Å²) in [4.78, 5) is 0.0582. The molecule has 0 aliphatic carbocycles. The summed E-state index contributed by atoms with van der Waals surface area (Å²) < 4.78 is 40.1. The second-order valence-electron chi connectivity index (χ2n) is 5.53. The Morgan fingerprint density at radius 3 is 2.80 bits per heavy atom. The van der Waals surface area contributed by atoms with Crippen LogP contribution in [0.15, 0.2) is 23.1 Å². The van der Waals surface area contributed by atoms with Crippen LogP contribution in [0.2, 0.25) is 0 Å². The summed E-state index contributed by atoms with van der Waals surface area (Å²) in [6.45, 7) is 4.46. The van der Waals surface area contributed by atoms with Crippen molar-refractivity contribution < 1.29 is 12.8 Å². The van der Waals surface area contributed by atoms with E-state index in [0.29, 0.717) is 18.7 Å². The molecule has 0 amide bonds. The van der Waals surface area contributed by atoms with Crippen molar-refractivity contribution in [2.24, 2.45) is 11.7 Å². The molecule has 1 aromatic carbocycles. The number of aryl methyl sites for hydroxylation is 1. The number of halogens is 1. The van der Waals surface area contributed by atoms with E-state index in [1.807, 2.05) is 6.92 Å². The molecule has 2 rings (SSSR count). The Labute approximate surface area is 119 Å². The first-order valence-electron chi connectivity index (χ1n) is 6.84. The topological polar surface area (TPSA) is 63.4 Å². The van der Waals surface area contributed by atoms with Gasteiger partial charge in [-0.1, -0.05) is 6.07 Å². The molecule has 112 valence electrons. The molecule has 0 spiro atoms. The molecule has 1 aliphatic rings. The highest BCUT2D eigenvalue weighted by Gasteiger charge is 2.32. The Morgan fingerprint density at radius 2 is 2.15 bits per heavy atom. The zero-order valence-corrected chi connectivity index (χ0v) is 12.7. The predicted molar refractivity (Wildman–Crippen MR) is 76.3 cm³/mol. The molecule has 4 nitrogen and oxygen atoms in total. The molecule has 1 fully saturated rings. The van der Waals surface area contributed by atoms with E-state index in [9.17, 15) is 12.8 Å². The standard InChI is InChI=1S/C14H21FN2O2S/c1-10-5-6-13(15)8-14(10)20(18,19)17-7-3-4-12(9-17)11(2)16/h5-6,8,11-12H,3-4,7,9,16H2,1-2H3. The largest absolute Gasteiger partial charge is 0.328 e. The van der Waals surface area contributed by atoms with Gasteiger partial charge in [0.1, 0.15) is 5.82 Å². The molecule has 0 radical (unpaired) electrons. The van der Waals surface area contributed by atoms with Crippen molar-refractivity contribution >= 4 is 10.0 Å². The van der Waals surface area contributed by atoms with Gasteiger partial charge >= 0.3 is 0 Å². The van der Waals surface area contributed by atoms with Crippen LogP contribution in [0, 0.1) is 18.7 Å². The van der Waals surface area contributed by atoms with Crippen molar-refractivity contribution in [3.05, 3.63) is 29.6 Å². The molecule has 1 saturated heterocycles. The fraction of sp³-hybridized carbons (Fsp3) is 0.571. The number of piperidine rings is 1. The second-order valence-corrected chi connectivity index (χ2v) is 7.44. The van der Waals surface area contributed by atoms with E-state index in [2.05, 4.69) is 0 Å². The molecular weight excluding hydrogens is 279 g/mol. The van der Waals surface area contributed by atoms with E-state index in [-0.39, 0.29) is 16.9 Å². The minimum atomic E-state index is -3.64. The zero-order valence-electron chi connectivity index (χ0n) is 11.8. The Morgan fingerprint density at radius 1 is 1.45 bits per heavy atom. The number of benzene rings is 1. The molecule has 6 heteroatoms. The summed E-state index contributed by atoms with van der Waals surface area (Å²) in [6.07, 6.45) is 1.73. The Hall–Kier alpha value is -0.980. The van der Waals surface area contributed by atoms with Gasteiger partial charge in [-0.3, -0.25) is 0 Å². The molecule has 20 heavy (non-hydrogen) atoms. The van der Waals surface area contributed by atoms with Crippen molar-refractivity contribution in [1.29, 1.82) is 0 Å². The van der Waals surface area contributed by atoms with Gasteiger partial charge in [-0.25, -0.2) is 12.8 Å². The lowest BCUT2D eigenvalue weighted by molar-refractivity contribution is 0.243. The van der Waals surface area contributed by atoms with Crippen LogP contribution in [0.4, 0.5) is 4.39 Å². The van der Waals surface area contributed by atoms with Crippen molar-refractivity contribution in [2.75, 3.05) is 13.1 Å². The van der Waals surface area contributed by atoms with Crippen LogP contribution in [-0.2, 0) is 10.0 Å². The van der Waals surface area contributed by atoms with Crippen molar-refractivity contribution in [1.82, 2.24) is 4.31 Å². The van der Waals surface area contributed by atoms with E-state index < -0.39 is 15.8 Å². The first-order chi connectivity index (χ1) is 9.32. The van der Waals surface area contributed by atoms with Crippen LogP contribution in [0.25, 0.3) is 0 Å². The third-order valence-electron chi connectivity index (χ3n) is 3.93. The normalized spacial score (nSPS) is 22.7. The van der Waals surface area contributed by atoms with Crippen LogP contribution in [-0.4, -0.2) is 31.9 Å². The van der Waals surface area contributed by atoms with E-state index in [1.165, 1.54) is 16.4 Å². The van der Waals surface area contributed by atoms with Crippen LogP contribution in [0.1, 0.15) is 25.3 Å². The molecule has 2 N–H and O–H groups in total. The van der Waals surface area contributed by atoms with Gasteiger partial charge in [0, 0.05) is 19.1 Å². The average molecular weight is 300 g/mol. The van der Waals surface area contributed by atoms with Gasteiger partial charge in [0.25, 0.3) is 0 Å². The first kappa shape index (κ1) is 15.4. The van der Waals surface area contributed by atoms with E-state index >= 15 is 0 Å². The molecular formula is C14H21FN2O2S. The highest BCUT2D eigenvalue weighted by atomic mass is 32.2. The van der Waals surface area contributed by atoms with E-state index in [4.69, 9.17) is 5.73 Å². The van der Waals surface area contributed by atoms with Gasteiger partial charge in [0.15, 0.2) is 0 Å². The van der Waals surface area contributed by atoms with Gasteiger partial charge in [0.05, 0.1) is 4.90 Å². The number of nitrogens with zero attached hydrogens (tertiary/aromatic N) is 1. The summed E-state index contributed by atoms with van der Waals surface area (Å²) in [5.74, 6) is -0.373. The zero-order chi connectivity index (χ0) is 14.9. The highest BCUT2D eigenvalue weighted by molar-refractivity contribution is 7.89. The average Bonchev–Trinajstić information content (AvgIpc) is 2.41. The first-order valence-corrected chi connectivity index (χ1v) is 8.28.